The Morgan fingerprint density at radius 2 is 2.33 bits per heavy atom. The topological polar surface area (TPSA) is 52.2 Å². The fourth-order valence-electron chi connectivity index (χ4n) is 0.485. The van der Waals surface area contributed by atoms with Gasteiger partial charge in [-0.1, -0.05) is 0 Å². The summed E-state index contributed by atoms with van der Waals surface area (Å²) in [6.45, 7) is 2.69. The first-order valence-electron chi connectivity index (χ1n) is 3.23. The summed E-state index contributed by atoms with van der Waals surface area (Å²) in [5, 5.41) is 21.4. The quantitative estimate of drug-likeness (QED) is 0.508. The number of aliphatic hydroxyl groups excluding tert-OH is 1. The normalized spacial score (nSPS) is 13.7. The van der Waals surface area contributed by atoms with Crippen LogP contribution in [0.2, 0.25) is 0 Å². The highest BCUT2D eigenvalue weighted by Crippen LogP contribution is 1.79. The summed E-state index contributed by atoms with van der Waals surface area (Å²) in [5.74, 6) is 0. The molecule has 0 aliphatic carbocycles. The Morgan fingerprint density at radius 1 is 1.67 bits per heavy atom. The van der Waals surface area contributed by atoms with Crippen LogP contribution in [0.5, 0.6) is 0 Å². The lowest BCUT2D eigenvalue weighted by molar-refractivity contribution is 0.184. The first kappa shape index (κ1) is 8.88. The van der Waals surface area contributed by atoms with Crippen molar-refractivity contribution in [1.82, 2.24) is 5.32 Å². The second kappa shape index (κ2) is 6.01. The average molecular weight is 132 g/mol. The molecule has 0 aromatic heterocycles. The zero-order valence-corrected chi connectivity index (χ0v) is 5.76. The molecular weight excluding hydrogens is 118 g/mol. The number of nitrogens with one attached hydrogen (secondary N) is 1. The minimum absolute atomic E-state index is 0.0366. The summed E-state index contributed by atoms with van der Waals surface area (Å²) < 4.78 is 0. The summed E-state index contributed by atoms with van der Waals surface area (Å²) >= 11 is 0. The largest absolute Gasteiger partial charge is 0.395 e. The second-order valence-electron chi connectivity index (χ2n) is 2.10. The van der Waals surface area contributed by atoms with E-state index in [2.05, 4.69) is 5.32 Å². The van der Waals surface area contributed by atoms with Crippen LogP contribution in [-0.2, 0) is 5.11 Å². The van der Waals surface area contributed by atoms with Crippen LogP contribution in [-0.4, -0.2) is 30.9 Å². The standard InChI is InChI=1S/C6H14NO2/c1-6(5-9)7-3-2-4-8/h6-7,9H,2-5H2,1H3. The summed E-state index contributed by atoms with van der Waals surface area (Å²) in [5.41, 5.74) is 0. The number of aliphatic hydroxyl groups is 1. The third-order valence-corrected chi connectivity index (χ3v) is 1.09. The van der Waals surface area contributed by atoms with Gasteiger partial charge < -0.3 is 10.4 Å². The fraction of sp³-hybridized carbons (Fsp3) is 1.00. The van der Waals surface area contributed by atoms with Crippen molar-refractivity contribution in [1.29, 1.82) is 0 Å². The molecule has 0 aliphatic heterocycles. The molecule has 3 nitrogen and oxygen atoms in total. The fourth-order valence-corrected chi connectivity index (χ4v) is 0.485. The monoisotopic (exact) mass is 132 g/mol. The molecule has 0 aromatic rings. The molecule has 2 N–H and O–H groups in total. The Bertz CT molecular complexity index is 59.0. The molecule has 0 saturated heterocycles. The smallest absolute Gasteiger partial charge is 0.0834 e. The van der Waals surface area contributed by atoms with Gasteiger partial charge in [-0.3, -0.25) is 0 Å². The van der Waals surface area contributed by atoms with Crippen LogP contribution >= 0.6 is 0 Å². The van der Waals surface area contributed by atoms with Gasteiger partial charge in [0, 0.05) is 6.04 Å². The van der Waals surface area contributed by atoms with E-state index >= 15 is 0 Å². The first-order chi connectivity index (χ1) is 4.31. The lowest BCUT2D eigenvalue weighted by Crippen LogP contribution is -2.30. The van der Waals surface area contributed by atoms with Gasteiger partial charge in [0.2, 0.25) is 0 Å². The van der Waals surface area contributed by atoms with Crippen LogP contribution in [0.3, 0.4) is 0 Å². The molecule has 1 radical (unpaired) electrons. The zero-order valence-electron chi connectivity index (χ0n) is 5.76. The zero-order chi connectivity index (χ0) is 7.11. The highest BCUT2D eigenvalue weighted by atomic mass is 16.3. The molecule has 0 heterocycles. The van der Waals surface area contributed by atoms with E-state index in [1.165, 1.54) is 0 Å². The van der Waals surface area contributed by atoms with Gasteiger partial charge >= 0.3 is 0 Å². The van der Waals surface area contributed by atoms with Gasteiger partial charge in [-0.05, 0) is 19.9 Å². The van der Waals surface area contributed by atoms with E-state index in [0.717, 1.165) is 0 Å². The van der Waals surface area contributed by atoms with Crippen molar-refractivity contribution < 1.29 is 10.2 Å². The Morgan fingerprint density at radius 3 is 2.78 bits per heavy atom. The molecule has 0 fully saturated rings. The van der Waals surface area contributed by atoms with Crippen molar-refractivity contribution >= 4 is 0 Å². The van der Waals surface area contributed by atoms with Crippen molar-refractivity contribution in [3.63, 3.8) is 0 Å². The lowest BCUT2D eigenvalue weighted by atomic mass is 10.3. The molecule has 0 saturated carbocycles. The van der Waals surface area contributed by atoms with Crippen LogP contribution in [0.25, 0.3) is 0 Å². The minimum atomic E-state index is -0.0366. The van der Waals surface area contributed by atoms with E-state index in [0.29, 0.717) is 13.0 Å². The number of hydrogen-bond donors (Lipinski definition) is 2. The molecule has 0 aliphatic rings. The minimum Gasteiger partial charge on any atom is -0.395 e. The molecule has 9 heavy (non-hydrogen) atoms. The van der Waals surface area contributed by atoms with Crippen molar-refractivity contribution in [3.8, 4) is 0 Å². The molecular formula is C6H14NO2. The third-order valence-electron chi connectivity index (χ3n) is 1.09. The molecule has 0 rings (SSSR count). The predicted octanol–water partition coefficient (Wildman–Crippen LogP) is -0.223. The Kier molecular flexibility index (Phi) is 5.93. The Balaban J connectivity index is 2.88. The maximum atomic E-state index is 9.90. The van der Waals surface area contributed by atoms with E-state index in [-0.39, 0.29) is 19.3 Å². The molecule has 1 unspecified atom stereocenters. The summed E-state index contributed by atoms with van der Waals surface area (Å²) in [6.07, 6.45) is 0.643. The van der Waals surface area contributed by atoms with Crippen molar-refractivity contribution in [3.05, 3.63) is 0 Å². The lowest BCUT2D eigenvalue weighted by Gasteiger charge is -2.08. The molecule has 3 heteroatoms. The van der Waals surface area contributed by atoms with Crippen LogP contribution in [0.1, 0.15) is 13.3 Å². The van der Waals surface area contributed by atoms with E-state index < -0.39 is 0 Å². The Hall–Kier alpha value is -0.120. The van der Waals surface area contributed by atoms with Crippen molar-refractivity contribution in [2.45, 2.75) is 19.4 Å². The van der Waals surface area contributed by atoms with Gasteiger partial charge in [0.1, 0.15) is 0 Å². The summed E-state index contributed by atoms with van der Waals surface area (Å²) in [6, 6.07) is 0.122. The molecule has 0 amide bonds. The van der Waals surface area contributed by atoms with Crippen LogP contribution in [0.15, 0.2) is 0 Å². The van der Waals surface area contributed by atoms with E-state index in [4.69, 9.17) is 5.11 Å². The molecule has 0 aromatic carbocycles. The SMILES string of the molecule is CC(CO)NCCC[O]. The highest BCUT2D eigenvalue weighted by molar-refractivity contribution is 4.56. The van der Waals surface area contributed by atoms with Gasteiger partial charge in [-0.15, -0.1) is 0 Å². The van der Waals surface area contributed by atoms with Crippen molar-refractivity contribution in [2.24, 2.45) is 0 Å². The van der Waals surface area contributed by atoms with E-state index in [1.54, 1.807) is 0 Å². The van der Waals surface area contributed by atoms with Gasteiger partial charge in [0.25, 0.3) is 0 Å². The van der Waals surface area contributed by atoms with Crippen LogP contribution < -0.4 is 5.32 Å². The van der Waals surface area contributed by atoms with Gasteiger partial charge in [0.05, 0.1) is 13.2 Å². The molecule has 0 bridgehead atoms. The molecule has 0 spiro atoms. The van der Waals surface area contributed by atoms with Gasteiger partial charge in [0.15, 0.2) is 0 Å². The number of rotatable bonds is 5. The third kappa shape index (κ3) is 5.76. The highest BCUT2D eigenvalue weighted by Gasteiger charge is 1.95. The average Bonchev–Trinajstić information content (AvgIpc) is 1.89. The predicted molar refractivity (Wildman–Crippen MR) is 34.7 cm³/mol. The first-order valence-corrected chi connectivity index (χ1v) is 3.23. The molecule has 55 valence electrons. The molecule has 1 atom stereocenters. The van der Waals surface area contributed by atoms with Crippen LogP contribution in [0, 0.1) is 0 Å². The van der Waals surface area contributed by atoms with Gasteiger partial charge in [-0.25, -0.2) is 5.11 Å². The van der Waals surface area contributed by atoms with Gasteiger partial charge in [-0.2, -0.15) is 0 Å². The van der Waals surface area contributed by atoms with Crippen molar-refractivity contribution in [2.75, 3.05) is 19.8 Å². The maximum absolute atomic E-state index is 9.90. The van der Waals surface area contributed by atoms with Crippen LogP contribution in [0.4, 0.5) is 0 Å². The second-order valence-corrected chi connectivity index (χ2v) is 2.10. The Labute approximate surface area is 55.7 Å². The number of hydrogen-bond acceptors (Lipinski definition) is 2. The van der Waals surface area contributed by atoms with E-state index in [9.17, 15) is 5.11 Å². The summed E-state index contributed by atoms with van der Waals surface area (Å²) in [4.78, 5) is 0. The van der Waals surface area contributed by atoms with E-state index in [1.807, 2.05) is 6.92 Å². The maximum Gasteiger partial charge on any atom is 0.0834 e. The summed E-state index contributed by atoms with van der Waals surface area (Å²) in [7, 11) is 0.